The first-order chi connectivity index (χ1) is 12.2. The number of benzene rings is 1. The third kappa shape index (κ3) is 2.98. The van der Waals surface area contributed by atoms with E-state index in [4.69, 9.17) is 0 Å². The highest BCUT2D eigenvalue weighted by molar-refractivity contribution is 5.88. The van der Waals surface area contributed by atoms with Crippen molar-refractivity contribution in [2.45, 2.75) is 76.7 Å². The highest BCUT2D eigenvalue weighted by Crippen LogP contribution is 2.44. The molecule has 1 aromatic heterocycles. The predicted molar refractivity (Wildman–Crippen MR) is 103 cm³/mol. The zero-order valence-corrected chi connectivity index (χ0v) is 15.4. The number of aryl methyl sites for hydroxylation is 2. The number of para-hydroxylation sites is 1. The van der Waals surface area contributed by atoms with Gasteiger partial charge in [0.05, 0.1) is 5.52 Å². The minimum Gasteiger partial charge on any atom is -0.355 e. The average molecular weight is 338 g/mol. The van der Waals surface area contributed by atoms with E-state index in [1.807, 2.05) is 0 Å². The first kappa shape index (κ1) is 16.7. The van der Waals surface area contributed by atoms with Gasteiger partial charge in [-0.05, 0) is 43.2 Å². The number of amides is 1. The van der Waals surface area contributed by atoms with Crippen LogP contribution in [0.4, 0.5) is 0 Å². The minimum atomic E-state index is 0.119. The van der Waals surface area contributed by atoms with Crippen LogP contribution in [-0.4, -0.2) is 17.0 Å². The molecule has 1 aromatic carbocycles. The zero-order valence-electron chi connectivity index (χ0n) is 15.4. The second kappa shape index (κ2) is 6.86. The van der Waals surface area contributed by atoms with Crippen LogP contribution in [0.25, 0.3) is 10.9 Å². The lowest BCUT2D eigenvalue weighted by Gasteiger charge is -2.37. The van der Waals surface area contributed by atoms with Gasteiger partial charge in [-0.15, -0.1) is 0 Å². The van der Waals surface area contributed by atoms with E-state index in [1.165, 1.54) is 67.0 Å². The van der Waals surface area contributed by atoms with Crippen LogP contribution >= 0.6 is 0 Å². The van der Waals surface area contributed by atoms with Crippen LogP contribution < -0.4 is 5.32 Å². The van der Waals surface area contributed by atoms with Crippen molar-refractivity contribution in [3.8, 4) is 0 Å². The molecular formula is C22H30N2O. The molecule has 1 aliphatic heterocycles. The predicted octanol–water partition coefficient (Wildman–Crippen LogP) is 4.71. The van der Waals surface area contributed by atoms with Crippen LogP contribution in [0.2, 0.25) is 0 Å². The van der Waals surface area contributed by atoms with Crippen molar-refractivity contribution in [1.82, 2.24) is 9.88 Å². The number of hydrogen-bond acceptors (Lipinski definition) is 1. The maximum atomic E-state index is 12.1. The first-order valence-corrected chi connectivity index (χ1v) is 10.1. The van der Waals surface area contributed by atoms with Gasteiger partial charge in [-0.25, -0.2) is 0 Å². The molecule has 0 radical (unpaired) electrons. The number of nitrogens with one attached hydrogen (secondary N) is 1. The lowest BCUT2D eigenvalue weighted by molar-refractivity contribution is -0.121. The molecule has 2 aliphatic rings. The monoisotopic (exact) mass is 338 g/mol. The molecule has 3 heteroatoms. The Balaban J connectivity index is 1.74. The fourth-order valence-corrected chi connectivity index (χ4v) is 5.03. The number of rotatable bonds is 5. The Hall–Kier alpha value is -1.77. The van der Waals surface area contributed by atoms with Gasteiger partial charge in [-0.3, -0.25) is 4.79 Å². The molecular weight excluding hydrogens is 308 g/mol. The van der Waals surface area contributed by atoms with E-state index in [0.717, 1.165) is 19.5 Å². The van der Waals surface area contributed by atoms with E-state index < -0.39 is 0 Å². The smallest absolute Gasteiger partial charge is 0.220 e. The Morgan fingerprint density at radius 1 is 1.20 bits per heavy atom. The van der Waals surface area contributed by atoms with E-state index in [0.29, 0.717) is 6.42 Å². The second-order valence-electron chi connectivity index (χ2n) is 8.02. The number of carbonyl (C=O) groups is 1. The molecule has 1 fully saturated rings. The normalized spacial score (nSPS) is 19.1. The van der Waals surface area contributed by atoms with E-state index >= 15 is 0 Å². The van der Waals surface area contributed by atoms with Crippen molar-refractivity contribution < 1.29 is 4.79 Å². The topological polar surface area (TPSA) is 34.0 Å². The van der Waals surface area contributed by atoms with Crippen molar-refractivity contribution in [3.05, 3.63) is 35.5 Å². The largest absolute Gasteiger partial charge is 0.355 e. The first-order valence-electron chi connectivity index (χ1n) is 10.1. The SMILES string of the molecule is CCCC(=O)NCC1(c2cn3c4c(cccc24)CCC3)CCCCC1. The summed E-state index contributed by atoms with van der Waals surface area (Å²) < 4.78 is 2.48. The number of nitrogens with zero attached hydrogens (tertiary/aromatic N) is 1. The van der Waals surface area contributed by atoms with Gasteiger partial charge in [0.15, 0.2) is 0 Å². The van der Waals surface area contributed by atoms with Crippen LogP contribution in [0.3, 0.4) is 0 Å². The number of aromatic nitrogens is 1. The van der Waals surface area contributed by atoms with Crippen molar-refractivity contribution in [3.63, 3.8) is 0 Å². The molecule has 2 aromatic rings. The van der Waals surface area contributed by atoms with Gasteiger partial charge >= 0.3 is 0 Å². The van der Waals surface area contributed by atoms with Gasteiger partial charge in [-0.2, -0.15) is 0 Å². The maximum absolute atomic E-state index is 12.1. The Labute approximate surface area is 150 Å². The van der Waals surface area contributed by atoms with Crippen molar-refractivity contribution in [1.29, 1.82) is 0 Å². The fraction of sp³-hybridized carbons (Fsp3) is 0.591. The molecule has 134 valence electrons. The second-order valence-corrected chi connectivity index (χ2v) is 8.02. The van der Waals surface area contributed by atoms with E-state index in [-0.39, 0.29) is 11.3 Å². The summed E-state index contributed by atoms with van der Waals surface area (Å²) in [6.45, 7) is 4.00. The summed E-state index contributed by atoms with van der Waals surface area (Å²) in [6.07, 6.45) is 12.7. The Morgan fingerprint density at radius 3 is 2.84 bits per heavy atom. The highest BCUT2D eigenvalue weighted by Gasteiger charge is 2.37. The Kier molecular flexibility index (Phi) is 4.58. The third-order valence-electron chi connectivity index (χ3n) is 6.31. The summed E-state index contributed by atoms with van der Waals surface area (Å²) in [5.74, 6) is 0.209. The molecule has 0 saturated heterocycles. The van der Waals surface area contributed by atoms with Gasteiger partial charge in [0, 0.05) is 36.5 Å². The third-order valence-corrected chi connectivity index (χ3v) is 6.31. The van der Waals surface area contributed by atoms with Crippen molar-refractivity contribution in [2.24, 2.45) is 0 Å². The van der Waals surface area contributed by atoms with Crippen LogP contribution in [-0.2, 0) is 23.2 Å². The van der Waals surface area contributed by atoms with Gasteiger partial charge < -0.3 is 9.88 Å². The Morgan fingerprint density at radius 2 is 2.04 bits per heavy atom. The van der Waals surface area contributed by atoms with Gasteiger partial charge in [0.2, 0.25) is 5.91 Å². The molecule has 1 N–H and O–H groups in total. The summed E-state index contributed by atoms with van der Waals surface area (Å²) in [6, 6.07) is 6.82. The summed E-state index contributed by atoms with van der Waals surface area (Å²) in [7, 11) is 0. The van der Waals surface area contributed by atoms with Crippen LogP contribution in [0.5, 0.6) is 0 Å². The van der Waals surface area contributed by atoms with E-state index in [2.05, 4.69) is 41.2 Å². The van der Waals surface area contributed by atoms with Crippen molar-refractivity contribution >= 4 is 16.8 Å². The van der Waals surface area contributed by atoms with Gasteiger partial charge in [-0.1, -0.05) is 44.4 Å². The van der Waals surface area contributed by atoms with Crippen LogP contribution in [0, 0.1) is 0 Å². The summed E-state index contributed by atoms with van der Waals surface area (Å²) in [5, 5.41) is 4.70. The molecule has 0 atom stereocenters. The van der Waals surface area contributed by atoms with Gasteiger partial charge in [0.1, 0.15) is 0 Å². The molecule has 2 heterocycles. The van der Waals surface area contributed by atoms with Crippen LogP contribution in [0.15, 0.2) is 24.4 Å². The highest BCUT2D eigenvalue weighted by atomic mass is 16.1. The maximum Gasteiger partial charge on any atom is 0.220 e. The molecule has 0 unspecified atom stereocenters. The standard InChI is InChI=1S/C22H30N2O/c1-2-8-20(25)23-16-22(12-4-3-5-13-22)19-15-24-14-7-10-17-9-6-11-18(19)21(17)24/h6,9,11,15H,2-5,7-8,10,12-14,16H2,1H3,(H,23,25). The lowest BCUT2D eigenvalue weighted by atomic mass is 9.69. The van der Waals surface area contributed by atoms with Crippen molar-refractivity contribution in [2.75, 3.05) is 6.54 Å². The molecule has 0 spiro atoms. The minimum absolute atomic E-state index is 0.119. The molecule has 0 bridgehead atoms. The number of carbonyl (C=O) groups excluding carboxylic acids is 1. The quantitative estimate of drug-likeness (QED) is 0.842. The molecule has 25 heavy (non-hydrogen) atoms. The zero-order chi connectivity index (χ0) is 17.3. The van der Waals surface area contributed by atoms with Crippen LogP contribution in [0.1, 0.15) is 69.4 Å². The summed E-state index contributed by atoms with van der Waals surface area (Å²) in [5.41, 5.74) is 4.56. The summed E-state index contributed by atoms with van der Waals surface area (Å²) in [4.78, 5) is 12.1. The lowest BCUT2D eigenvalue weighted by Crippen LogP contribution is -2.42. The average Bonchev–Trinajstić information content (AvgIpc) is 3.03. The number of hydrogen-bond donors (Lipinski definition) is 1. The molecule has 3 nitrogen and oxygen atoms in total. The van der Waals surface area contributed by atoms with E-state index in [1.54, 1.807) is 0 Å². The molecule has 4 rings (SSSR count). The molecule has 1 saturated carbocycles. The molecule has 1 aliphatic carbocycles. The Bertz CT molecular complexity index is 768. The van der Waals surface area contributed by atoms with E-state index in [9.17, 15) is 4.79 Å². The summed E-state index contributed by atoms with van der Waals surface area (Å²) >= 11 is 0. The molecule has 1 amide bonds. The van der Waals surface area contributed by atoms with Gasteiger partial charge in [0.25, 0.3) is 0 Å². The fourth-order valence-electron chi connectivity index (χ4n) is 5.03.